The van der Waals surface area contributed by atoms with Gasteiger partial charge in [0.1, 0.15) is 5.75 Å². The first-order valence-corrected chi connectivity index (χ1v) is 10.1. The molecule has 0 saturated heterocycles. The summed E-state index contributed by atoms with van der Waals surface area (Å²) in [7, 11) is 0. The van der Waals surface area contributed by atoms with E-state index in [9.17, 15) is 9.90 Å². The number of phenols is 1. The van der Waals surface area contributed by atoms with E-state index in [0.29, 0.717) is 18.6 Å². The van der Waals surface area contributed by atoms with E-state index in [4.69, 9.17) is 5.11 Å². The summed E-state index contributed by atoms with van der Waals surface area (Å²) < 4.78 is 0. The smallest absolute Gasteiger partial charge is 0.303 e. The topological polar surface area (TPSA) is 57.5 Å². The molecule has 0 aromatic heterocycles. The summed E-state index contributed by atoms with van der Waals surface area (Å²) in [6.07, 6.45) is 2.14. The van der Waals surface area contributed by atoms with E-state index in [0.717, 1.165) is 28.7 Å². The van der Waals surface area contributed by atoms with Gasteiger partial charge in [-0.3, -0.25) is 4.79 Å². The predicted octanol–water partition coefficient (Wildman–Crippen LogP) is 5.74. The zero-order valence-corrected chi connectivity index (χ0v) is 16.7. The lowest BCUT2D eigenvalue weighted by atomic mass is 9.96. The third kappa shape index (κ3) is 4.87. The molecule has 30 heavy (non-hydrogen) atoms. The van der Waals surface area contributed by atoms with Crippen molar-refractivity contribution in [2.45, 2.75) is 25.7 Å². The van der Waals surface area contributed by atoms with Crippen LogP contribution >= 0.6 is 0 Å². The van der Waals surface area contributed by atoms with Gasteiger partial charge in [0.25, 0.3) is 0 Å². The number of carboxylic acids is 1. The molecule has 0 fully saturated rings. The fraction of sp³-hybridized carbons (Fsp3) is 0.148. The van der Waals surface area contributed by atoms with E-state index in [-0.39, 0.29) is 6.42 Å². The molecule has 0 radical (unpaired) electrons. The van der Waals surface area contributed by atoms with Crippen LogP contribution in [-0.4, -0.2) is 16.2 Å². The molecule has 0 amide bonds. The summed E-state index contributed by atoms with van der Waals surface area (Å²) in [5, 5.41) is 21.6. The van der Waals surface area contributed by atoms with Gasteiger partial charge in [0.2, 0.25) is 0 Å². The maximum absolute atomic E-state index is 10.7. The van der Waals surface area contributed by atoms with Crippen LogP contribution in [0.4, 0.5) is 0 Å². The average Bonchev–Trinajstić information content (AvgIpc) is 2.75. The molecule has 4 aromatic rings. The van der Waals surface area contributed by atoms with E-state index < -0.39 is 5.97 Å². The zero-order valence-electron chi connectivity index (χ0n) is 16.7. The minimum atomic E-state index is -0.776. The Hall–Kier alpha value is -3.59. The third-order valence-electron chi connectivity index (χ3n) is 5.41. The number of hydrogen-bond donors (Lipinski definition) is 2. The van der Waals surface area contributed by atoms with Crippen molar-refractivity contribution in [1.82, 2.24) is 0 Å². The molecule has 0 saturated carbocycles. The molecule has 2 N–H and O–H groups in total. The fourth-order valence-electron chi connectivity index (χ4n) is 3.77. The number of benzene rings is 4. The summed E-state index contributed by atoms with van der Waals surface area (Å²) >= 11 is 0. The average molecular weight is 396 g/mol. The van der Waals surface area contributed by atoms with Crippen LogP contribution in [0, 0.1) is 0 Å². The first kappa shape index (κ1) is 19.7. The Bertz CT molecular complexity index is 1180. The van der Waals surface area contributed by atoms with Gasteiger partial charge in [0, 0.05) is 12.8 Å². The Balaban J connectivity index is 1.49. The second kappa shape index (κ2) is 8.83. The van der Waals surface area contributed by atoms with Crippen molar-refractivity contribution in [3.05, 3.63) is 113 Å². The summed E-state index contributed by atoms with van der Waals surface area (Å²) in [5.41, 5.74) is 5.42. The minimum absolute atomic E-state index is 0.148. The van der Waals surface area contributed by atoms with Crippen LogP contribution in [0.25, 0.3) is 10.8 Å². The molecule has 0 aliphatic rings. The zero-order chi connectivity index (χ0) is 20.9. The quantitative estimate of drug-likeness (QED) is 0.418. The van der Waals surface area contributed by atoms with E-state index in [1.54, 1.807) is 6.07 Å². The molecule has 3 heteroatoms. The summed E-state index contributed by atoms with van der Waals surface area (Å²) in [6, 6.07) is 28.6. The lowest BCUT2D eigenvalue weighted by molar-refractivity contribution is -0.136. The van der Waals surface area contributed by atoms with Crippen LogP contribution in [0.1, 0.15) is 34.2 Å². The lowest BCUT2D eigenvalue weighted by Crippen LogP contribution is -1.98. The molecular weight excluding hydrogens is 372 g/mol. The molecule has 4 rings (SSSR count). The maximum Gasteiger partial charge on any atom is 0.303 e. The molecule has 0 bridgehead atoms. The van der Waals surface area contributed by atoms with Gasteiger partial charge in [0.15, 0.2) is 0 Å². The molecule has 0 aliphatic carbocycles. The molecule has 0 unspecified atom stereocenters. The number of rotatable bonds is 7. The monoisotopic (exact) mass is 396 g/mol. The Labute approximate surface area is 176 Å². The second-order valence-corrected chi connectivity index (χ2v) is 7.71. The highest BCUT2D eigenvalue weighted by Gasteiger charge is 2.07. The molecule has 0 heterocycles. The number of aryl methyl sites for hydroxylation is 1. The van der Waals surface area contributed by atoms with Gasteiger partial charge < -0.3 is 10.2 Å². The number of phenolic OH excluding ortho intramolecular Hbond substituents is 1. The Morgan fingerprint density at radius 1 is 0.667 bits per heavy atom. The normalized spacial score (nSPS) is 10.9. The first-order chi connectivity index (χ1) is 14.6. The van der Waals surface area contributed by atoms with E-state index in [1.165, 1.54) is 16.3 Å². The highest BCUT2D eigenvalue weighted by atomic mass is 16.4. The molecule has 150 valence electrons. The summed E-state index contributed by atoms with van der Waals surface area (Å²) in [5.74, 6) is -0.460. The number of hydrogen-bond acceptors (Lipinski definition) is 2. The second-order valence-electron chi connectivity index (χ2n) is 7.71. The lowest BCUT2D eigenvalue weighted by Gasteiger charge is -2.10. The highest BCUT2D eigenvalue weighted by molar-refractivity contribution is 5.83. The minimum Gasteiger partial charge on any atom is -0.508 e. The number of fused-ring (bicyclic) bond motifs is 1. The Morgan fingerprint density at radius 3 is 2.07 bits per heavy atom. The van der Waals surface area contributed by atoms with Gasteiger partial charge in [-0.15, -0.1) is 0 Å². The Kier molecular flexibility index (Phi) is 5.80. The van der Waals surface area contributed by atoms with Crippen molar-refractivity contribution < 1.29 is 15.0 Å². The molecule has 0 spiro atoms. The largest absolute Gasteiger partial charge is 0.508 e. The number of carboxylic acid groups (broad SMARTS) is 1. The third-order valence-corrected chi connectivity index (χ3v) is 5.41. The van der Waals surface area contributed by atoms with E-state index in [2.05, 4.69) is 36.4 Å². The van der Waals surface area contributed by atoms with Crippen LogP contribution in [-0.2, 0) is 24.1 Å². The van der Waals surface area contributed by atoms with Crippen molar-refractivity contribution in [2.24, 2.45) is 0 Å². The fourth-order valence-corrected chi connectivity index (χ4v) is 3.77. The van der Waals surface area contributed by atoms with Gasteiger partial charge >= 0.3 is 5.97 Å². The Morgan fingerprint density at radius 2 is 1.30 bits per heavy atom. The molecule has 0 aliphatic heterocycles. The van der Waals surface area contributed by atoms with E-state index >= 15 is 0 Å². The van der Waals surface area contributed by atoms with Crippen molar-refractivity contribution in [1.29, 1.82) is 0 Å². The number of carbonyl (C=O) groups is 1. The molecule has 3 nitrogen and oxygen atoms in total. The van der Waals surface area contributed by atoms with Crippen LogP contribution in [0.5, 0.6) is 5.75 Å². The van der Waals surface area contributed by atoms with Gasteiger partial charge in [-0.25, -0.2) is 0 Å². The van der Waals surface area contributed by atoms with Crippen LogP contribution < -0.4 is 0 Å². The van der Waals surface area contributed by atoms with Gasteiger partial charge in [-0.2, -0.15) is 0 Å². The first-order valence-electron chi connectivity index (χ1n) is 10.1. The van der Waals surface area contributed by atoms with Gasteiger partial charge in [-0.1, -0.05) is 78.9 Å². The highest BCUT2D eigenvalue weighted by Crippen LogP contribution is 2.25. The number of aliphatic carboxylic acids is 1. The summed E-state index contributed by atoms with van der Waals surface area (Å²) in [4.78, 5) is 10.7. The van der Waals surface area contributed by atoms with Gasteiger partial charge in [0.05, 0.1) is 0 Å². The molecule has 4 aromatic carbocycles. The number of aromatic hydroxyl groups is 1. The maximum atomic E-state index is 10.7. The van der Waals surface area contributed by atoms with Crippen LogP contribution in [0.2, 0.25) is 0 Å². The van der Waals surface area contributed by atoms with Gasteiger partial charge in [-0.05, 0) is 57.5 Å². The SMILES string of the molecule is O=C(O)CCc1ccc(Cc2ccc(O)c(Cc3ccc4ccccc4c3)c2)cc1. The van der Waals surface area contributed by atoms with Crippen LogP contribution in [0.15, 0.2) is 84.9 Å². The standard InChI is InChI=1S/C27H24O3/c28-26-13-10-21(15-20-7-5-19(6-8-20)11-14-27(29)30)17-25(26)18-22-9-12-23-3-1-2-4-24(23)16-22/h1-10,12-13,16-17,28H,11,14-15,18H2,(H,29,30). The molecule has 0 atom stereocenters. The summed E-state index contributed by atoms with van der Waals surface area (Å²) in [6.45, 7) is 0. The molecular formula is C27H24O3. The predicted molar refractivity (Wildman–Crippen MR) is 120 cm³/mol. The van der Waals surface area contributed by atoms with Crippen molar-refractivity contribution in [3.8, 4) is 5.75 Å². The van der Waals surface area contributed by atoms with Crippen molar-refractivity contribution >= 4 is 16.7 Å². The van der Waals surface area contributed by atoms with Crippen molar-refractivity contribution in [3.63, 3.8) is 0 Å². The van der Waals surface area contributed by atoms with Crippen LogP contribution in [0.3, 0.4) is 0 Å². The van der Waals surface area contributed by atoms with Crippen molar-refractivity contribution in [2.75, 3.05) is 0 Å². The van der Waals surface area contributed by atoms with E-state index in [1.807, 2.05) is 42.5 Å².